The van der Waals surface area contributed by atoms with Gasteiger partial charge in [-0.15, -0.1) is 0 Å². The van der Waals surface area contributed by atoms with Crippen LogP contribution in [0.25, 0.3) is 16.6 Å². The Morgan fingerprint density at radius 2 is 1.91 bits per heavy atom. The molecular formula is C23H21F2N7S. The lowest BCUT2D eigenvalue weighted by atomic mass is 10.0. The van der Waals surface area contributed by atoms with Crippen LogP contribution >= 0.6 is 11.8 Å². The molecule has 5 rings (SSSR count). The second-order valence-corrected chi connectivity index (χ2v) is 9.25. The van der Waals surface area contributed by atoms with Gasteiger partial charge in [-0.25, -0.2) is 18.3 Å². The maximum absolute atomic E-state index is 14.3. The van der Waals surface area contributed by atoms with Gasteiger partial charge in [-0.3, -0.25) is 4.68 Å². The van der Waals surface area contributed by atoms with Gasteiger partial charge in [0, 0.05) is 34.0 Å². The Morgan fingerprint density at radius 3 is 2.64 bits per heavy atom. The predicted octanol–water partition coefficient (Wildman–Crippen LogP) is 4.47. The Kier molecular flexibility index (Phi) is 5.60. The van der Waals surface area contributed by atoms with Crippen LogP contribution in [0.3, 0.4) is 0 Å². The molecule has 4 aromatic rings. The van der Waals surface area contributed by atoms with Crippen LogP contribution < -0.4 is 0 Å². The third kappa shape index (κ3) is 3.98. The Labute approximate surface area is 193 Å². The van der Waals surface area contributed by atoms with Crippen LogP contribution in [-0.2, 0) is 0 Å². The molecule has 1 fully saturated rings. The average molecular weight is 466 g/mol. The van der Waals surface area contributed by atoms with Gasteiger partial charge < -0.3 is 4.90 Å². The topological polar surface area (TPSA) is 75.0 Å². The largest absolute Gasteiger partial charge is 0.306 e. The molecule has 0 aromatic carbocycles. The number of fused-ring (bicyclic) bond motifs is 1. The first-order valence-electron chi connectivity index (χ1n) is 10.6. The number of nitrogens with zero attached hydrogens (tertiary/aromatic N) is 7. The molecule has 0 saturated carbocycles. The first-order valence-corrected chi connectivity index (χ1v) is 11.4. The van der Waals surface area contributed by atoms with Crippen molar-refractivity contribution in [3.05, 3.63) is 59.8 Å². The summed E-state index contributed by atoms with van der Waals surface area (Å²) in [7, 11) is 2.13. The lowest BCUT2D eigenvalue weighted by molar-refractivity contribution is 0.210. The van der Waals surface area contributed by atoms with E-state index in [-0.39, 0.29) is 5.03 Å². The van der Waals surface area contributed by atoms with Crippen LogP contribution in [0.1, 0.15) is 30.1 Å². The number of rotatable bonds is 4. The van der Waals surface area contributed by atoms with Crippen LogP contribution in [0.15, 0.2) is 46.8 Å². The number of hydrogen-bond acceptors (Lipinski definition) is 6. The predicted molar refractivity (Wildman–Crippen MR) is 120 cm³/mol. The molecule has 0 amide bonds. The fraction of sp³-hybridized carbons (Fsp3) is 0.304. The van der Waals surface area contributed by atoms with Gasteiger partial charge in [-0.05, 0) is 46.0 Å². The summed E-state index contributed by atoms with van der Waals surface area (Å²) in [5.41, 5.74) is 3.75. The van der Waals surface area contributed by atoms with Crippen molar-refractivity contribution in [3.8, 4) is 17.2 Å². The van der Waals surface area contributed by atoms with Crippen molar-refractivity contribution in [3.63, 3.8) is 0 Å². The second kappa shape index (κ2) is 8.57. The summed E-state index contributed by atoms with van der Waals surface area (Å²) in [6.07, 6.45) is 8.22. The molecular weight excluding hydrogens is 444 g/mol. The number of likely N-dealkylation sites (tertiary alicyclic amines) is 1. The molecule has 0 atom stereocenters. The van der Waals surface area contributed by atoms with Gasteiger partial charge >= 0.3 is 0 Å². The van der Waals surface area contributed by atoms with Crippen LogP contribution in [-0.4, -0.2) is 49.4 Å². The van der Waals surface area contributed by atoms with Gasteiger partial charge in [0.2, 0.25) is 0 Å². The number of hydrogen-bond donors (Lipinski definition) is 0. The average Bonchev–Trinajstić information content (AvgIpc) is 3.39. The molecule has 5 heterocycles. The van der Waals surface area contributed by atoms with Crippen molar-refractivity contribution < 1.29 is 8.78 Å². The van der Waals surface area contributed by atoms with Crippen molar-refractivity contribution >= 4 is 17.3 Å². The maximum Gasteiger partial charge on any atom is 0.158 e. The second-order valence-electron chi connectivity index (χ2n) is 8.22. The molecule has 10 heteroatoms. The van der Waals surface area contributed by atoms with Gasteiger partial charge in [-0.1, -0.05) is 11.8 Å². The lowest BCUT2D eigenvalue weighted by Crippen LogP contribution is -2.32. The van der Waals surface area contributed by atoms with E-state index in [1.54, 1.807) is 4.52 Å². The van der Waals surface area contributed by atoms with E-state index < -0.39 is 11.6 Å². The van der Waals surface area contributed by atoms with Gasteiger partial charge in [0.05, 0.1) is 35.7 Å². The molecule has 0 aliphatic carbocycles. The number of nitriles is 1. The summed E-state index contributed by atoms with van der Waals surface area (Å²) < 4.78 is 31.4. The number of aromatic nitrogens is 5. The van der Waals surface area contributed by atoms with E-state index in [1.165, 1.54) is 6.20 Å². The van der Waals surface area contributed by atoms with E-state index in [0.29, 0.717) is 22.0 Å². The highest BCUT2D eigenvalue weighted by Crippen LogP contribution is 2.37. The Bertz CT molecular complexity index is 1380. The minimum absolute atomic E-state index is 0.0271. The van der Waals surface area contributed by atoms with Crippen LogP contribution in [0, 0.1) is 29.9 Å². The van der Waals surface area contributed by atoms with Gasteiger partial charge in [0.25, 0.3) is 0 Å². The van der Waals surface area contributed by atoms with E-state index in [1.807, 2.05) is 25.4 Å². The lowest BCUT2D eigenvalue weighted by Gasteiger charge is -2.29. The molecule has 1 aliphatic heterocycles. The smallest absolute Gasteiger partial charge is 0.158 e. The highest BCUT2D eigenvalue weighted by molar-refractivity contribution is 7.99. The van der Waals surface area contributed by atoms with E-state index in [0.717, 1.165) is 66.8 Å². The minimum Gasteiger partial charge on any atom is -0.306 e. The maximum atomic E-state index is 14.3. The van der Waals surface area contributed by atoms with E-state index in [4.69, 9.17) is 0 Å². The van der Waals surface area contributed by atoms with Gasteiger partial charge in [0.1, 0.15) is 16.9 Å². The third-order valence-corrected chi connectivity index (χ3v) is 7.09. The van der Waals surface area contributed by atoms with Crippen LogP contribution in [0.5, 0.6) is 0 Å². The van der Waals surface area contributed by atoms with Crippen LogP contribution in [0.2, 0.25) is 0 Å². The van der Waals surface area contributed by atoms with Gasteiger partial charge in [-0.2, -0.15) is 15.5 Å². The highest BCUT2D eigenvalue weighted by Gasteiger charge is 2.23. The Hall–Kier alpha value is -3.29. The zero-order valence-electron chi connectivity index (χ0n) is 18.2. The van der Waals surface area contributed by atoms with E-state index >= 15 is 0 Å². The number of piperidine rings is 1. The fourth-order valence-corrected chi connectivity index (χ4v) is 5.24. The third-order valence-electron chi connectivity index (χ3n) is 6.07. The van der Waals surface area contributed by atoms with E-state index in [2.05, 4.69) is 37.9 Å². The van der Waals surface area contributed by atoms with Crippen molar-refractivity contribution in [2.24, 2.45) is 0 Å². The summed E-state index contributed by atoms with van der Waals surface area (Å²) in [6.45, 7) is 4.11. The Morgan fingerprint density at radius 1 is 1.12 bits per heavy atom. The number of halogens is 2. The molecule has 4 aromatic heterocycles. The normalized spacial score (nSPS) is 15.2. The standard InChI is InChI=1S/C23H21F2N7S/c1-14-19(12-29-32(14)18-3-5-30(2)6-4-18)15-7-21(22-16(9-26)10-28-31(22)13-15)33-23-20(25)8-17(24)11-27-23/h7-8,10-13,18H,3-6H2,1-2H3. The monoisotopic (exact) mass is 465 g/mol. The summed E-state index contributed by atoms with van der Waals surface area (Å²) in [5.74, 6) is -1.50. The van der Waals surface area contributed by atoms with Gasteiger partial charge in [0.15, 0.2) is 5.82 Å². The Balaban J connectivity index is 1.58. The summed E-state index contributed by atoms with van der Waals surface area (Å²) in [6, 6.07) is 5.16. The van der Waals surface area contributed by atoms with Crippen molar-refractivity contribution in [2.45, 2.75) is 35.7 Å². The molecule has 0 spiro atoms. The first-order chi connectivity index (χ1) is 15.9. The molecule has 0 unspecified atom stereocenters. The zero-order chi connectivity index (χ0) is 23.1. The fourth-order valence-electron chi connectivity index (χ4n) is 4.29. The highest BCUT2D eigenvalue weighted by atomic mass is 32.2. The summed E-state index contributed by atoms with van der Waals surface area (Å²) in [4.78, 5) is 6.81. The number of pyridine rings is 2. The molecule has 168 valence electrons. The zero-order valence-corrected chi connectivity index (χ0v) is 19.0. The van der Waals surface area contributed by atoms with E-state index in [9.17, 15) is 14.0 Å². The quantitative estimate of drug-likeness (QED) is 0.443. The van der Waals surface area contributed by atoms with Crippen molar-refractivity contribution in [1.29, 1.82) is 5.26 Å². The molecule has 33 heavy (non-hydrogen) atoms. The van der Waals surface area contributed by atoms with Crippen LogP contribution in [0.4, 0.5) is 8.78 Å². The SMILES string of the molecule is Cc1c(-c2cc(Sc3ncc(F)cc3F)c3c(C#N)cnn3c2)cnn1C1CCN(C)CC1. The summed E-state index contributed by atoms with van der Waals surface area (Å²) >= 11 is 1.04. The molecule has 0 bridgehead atoms. The molecule has 1 saturated heterocycles. The molecule has 0 N–H and O–H groups in total. The molecule has 0 radical (unpaired) electrons. The summed E-state index contributed by atoms with van der Waals surface area (Å²) in [5, 5.41) is 18.6. The molecule has 7 nitrogen and oxygen atoms in total. The molecule has 1 aliphatic rings. The minimum atomic E-state index is -0.757. The van der Waals surface area contributed by atoms with Crippen molar-refractivity contribution in [2.75, 3.05) is 20.1 Å². The van der Waals surface area contributed by atoms with Crippen molar-refractivity contribution in [1.82, 2.24) is 29.3 Å². The first kappa shape index (κ1) is 21.6.